The maximum atomic E-state index is 13.5. The first-order chi connectivity index (χ1) is 11.0. The molecule has 1 N–H and O–H groups in total. The number of hydrogen-bond acceptors (Lipinski definition) is 3. The standard InChI is InChI=1S/C18H25FN2O2/c1-14-3-4-16(19)11-15(14)12-20-8-6-18(13-20)5-2-7-21(9-10-22)17(18)23/h3-4,11,22H,2,5-10,12-13H2,1H3. The third-order valence-corrected chi connectivity index (χ3v) is 5.33. The molecule has 1 aromatic carbocycles. The van der Waals surface area contributed by atoms with Crippen molar-refractivity contribution >= 4 is 5.91 Å². The van der Waals surface area contributed by atoms with Crippen molar-refractivity contribution < 1.29 is 14.3 Å². The summed E-state index contributed by atoms with van der Waals surface area (Å²) >= 11 is 0. The van der Waals surface area contributed by atoms with Crippen molar-refractivity contribution in [1.82, 2.24) is 9.80 Å². The first kappa shape index (κ1) is 16.4. The normalized spacial score (nSPS) is 25.5. The topological polar surface area (TPSA) is 43.8 Å². The monoisotopic (exact) mass is 320 g/mol. The second-order valence-corrected chi connectivity index (χ2v) is 6.93. The summed E-state index contributed by atoms with van der Waals surface area (Å²) in [6, 6.07) is 4.90. The number of β-amino-alcohol motifs (C(OH)–C–C–N with tert-alkyl or cyclic N) is 1. The molecule has 2 heterocycles. The molecule has 23 heavy (non-hydrogen) atoms. The molecule has 0 aromatic heterocycles. The lowest BCUT2D eigenvalue weighted by atomic mass is 9.78. The average Bonchev–Trinajstić information content (AvgIpc) is 2.92. The van der Waals surface area contributed by atoms with E-state index in [9.17, 15) is 9.18 Å². The van der Waals surface area contributed by atoms with E-state index in [4.69, 9.17) is 5.11 Å². The Hall–Kier alpha value is -1.46. The second-order valence-electron chi connectivity index (χ2n) is 6.93. The van der Waals surface area contributed by atoms with E-state index in [2.05, 4.69) is 4.90 Å². The number of carbonyl (C=O) groups excluding carboxylic acids is 1. The minimum absolute atomic E-state index is 0.0218. The number of likely N-dealkylation sites (tertiary alicyclic amines) is 2. The third kappa shape index (κ3) is 3.26. The van der Waals surface area contributed by atoms with Crippen LogP contribution in [0.4, 0.5) is 4.39 Å². The number of aryl methyl sites for hydroxylation is 1. The van der Waals surface area contributed by atoms with Gasteiger partial charge in [0, 0.05) is 26.2 Å². The lowest BCUT2D eigenvalue weighted by Crippen LogP contribution is -2.50. The van der Waals surface area contributed by atoms with Crippen LogP contribution in [-0.4, -0.2) is 53.6 Å². The van der Waals surface area contributed by atoms with Gasteiger partial charge in [-0.05, 0) is 56.0 Å². The molecule has 2 saturated heterocycles. The Morgan fingerprint density at radius 2 is 2.13 bits per heavy atom. The molecule has 1 unspecified atom stereocenters. The van der Waals surface area contributed by atoms with Crippen molar-refractivity contribution in [1.29, 1.82) is 0 Å². The highest BCUT2D eigenvalue weighted by Crippen LogP contribution is 2.40. The quantitative estimate of drug-likeness (QED) is 0.922. The van der Waals surface area contributed by atoms with Crippen LogP contribution in [0.2, 0.25) is 0 Å². The number of hydrogen-bond donors (Lipinski definition) is 1. The summed E-state index contributed by atoms with van der Waals surface area (Å²) in [5.74, 6) is -0.0151. The summed E-state index contributed by atoms with van der Waals surface area (Å²) in [6.45, 7) is 5.51. The van der Waals surface area contributed by atoms with Gasteiger partial charge in [0.1, 0.15) is 5.82 Å². The van der Waals surface area contributed by atoms with E-state index in [1.807, 2.05) is 13.0 Å². The molecule has 3 rings (SSSR count). The lowest BCUT2D eigenvalue weighted by molar-refractivity contribution is -0.146. The van der Waals surface area contributed by atoms with Crippen LogP contribution >= 0.6 is 0 Å². The number of aliphatic hydroxyl groups is 1. The van der Waals surface area contributed by atoms with Gasteiger partial charge in [0.15, 0.2) is 0 Å². The average molecular weight is 320 g/mol. The van der Waals surface area contributed by atoms with E-state index < -0.39 is 0 Å². The number of benzene rings is 1. The van der Waals surface area contributed by atoms with Crippen LogP contribution < -0.4 is 0 Å². The molecule has 0 bridgehead atoms. The zero-order chi connectivity index (χ0) is 16.4. The molecule has 2 aliphatic heterocycles. The Bertz CT molecular complexity index is 590. The van der Waals surface area contributed by atoms with Gasteiger partial charge < -0.3 is 10.0 Å². The number of carbonyl (C=O) groups is 1. The number of piperidine rings is 1. The zero-order valence-electron chi connectivity index (χ0n) is 13.7. The van der Waals surface area contributed by atoms with Gasteiger partial charge in [-0.25, -0.2) is 4.39 Å². The molecule has 1 spiro atoms. The number of nitrogens with zero attached hydrogens (tertiary/aromatic N) is 2. The van der Waals surface area contributed by atoms with E-state index in [0.717, 1.165) is 50.0 Å². The van der Waals surface area contributed by atoms with Crippen LogP contribution in [-0.2, 0) is 11.3 Å². The lowest BCUT2D eigenvalue weighted by Gasteiger charge is -2.39. The fraction of sp³-hybridized carbons (Fsp3) is 0.611. The SMILES string of the molecule is Cc1ccc(F)cc1CN1CCC2(CCCN(CCO)C2=O)C1. The highest BCUT2D eigenvalue weighted by molar-refractivity contribution is 5.84. The van der Waals surface area contributed by atoms with E-state index in [1.165, 1.54) is 6.07 Å². The molecular weight excluding hydrogens is 295 g/mol. The molecule has 126 valence electrons. The molecule has 1 atom stereocenters. The molecule has 0 saturated carbocycles. The van der Waals surface area contributed by atoms with Crippen LogP contribution in [0.5, 0.6) is 0 Å². The van der Waals surface area contributed by atoms with Crippen molar-refractivity contribution in [3.05, 3.63) is 35.1 Å². The highest BCUT2D eigenvalue weighted by atomic mass is 19.1. The summed E-state index contributed by atoms with van der Waals surface area (Å²) < 4.78 is 13.5. The van der Waals surface area contributed by atoms with Gasteiger partial charge in [-0.2, -0.15) is 0 Å². The van der Waals surface area contributed by atoms with E-state index >= 15 is 0 Å². The van der Waals surface area contributed by atoms with Gasteiger partial charge in [0.05, 0.1) is 12.0 Å². The van der Waals surface area contributed by atoms with Crippen LogP contribution in [0.1, 0.15) is 30.4 Å². The van der Waals surface area contributed by atoms with E-state index in [0.29, 0.717) is 13.1 Å². The maximum absolute atomic E-state index is 13.5. The minimum Gasteiger partial charge on any atom is -0.395 e. The first-order valence-electron chi connectivity index (χ1n) is 8.42. The predicted octanol–water partition coefficient (Wildman–Crippen LogP) is 1.94. The Balaban J connectivity index is 1.70. The Morgan fingerprint density at radius 1 is 1.30 bits per heavy atom. The van der Waals surface area contributed by atoms with Crippen molar-refractivity contribution in [3.8, 4) is 0 Å². The molecule has 1 aromatic rings. The van der Waals surface area contributed by atoms with Crippen molar-refractivity contribution in [3.63, 3.8) is 0 Å². The molecular formula is C18H25FN2O2. The van der Waals surface area contributed by atoms with Crippen molar-refractivity contribution in [2.75, 3.05) is 32.8 Å². The number of rotatable bonds is 4. The van der Waals surface area contributed by atoms with Gasteiger partial charge >= 0.3 is 0 Å². The summed E-state index contributed by atoms with van der Waals surface area (Å²) in [6.07, 6.45) is 2.78. The number of amides is 1. The summed E-state index contributed by atoms with van der Waals surface area (Å²) in [7, 11) is 0. The van der Waals surface area contributed by atoms with Crippen molar-refractivity contribution in [2.24, 2.45) is 5.41 Å². The molecule has 4 nitrogen and oxygen atoms in total. The maximum Gasteiger partial charge on any atom is 0.230 e. The van der Waals surface area contributed by atoms with Gasteiger partial charge in [0.25, 0.3) is 0 Å². The van der Waals surface area contributed by atoms with Crippen LogP contribution in [0.3, 0.4) is 0 Å². The molecule has 0 radical (unpaired) electrons. The molecule has 0 aliphatic carbocycles. The van der Waals surface area contributed by atoms with Crippen LogP contribution in [0.25, 0.3) is 0 Å². The summed E-state index contributed by atoms with van der Waals surface area (Å²) in [5, 5.41) is 9.13. The number of aliphatic hydroxyl groups excluding tert-OH is 1. The Kier molecular flexibility index (Phi) is 4.69. The van der Waals surface area contributed by atoms with Crippen molar-refractivity contribution in [2.45, 2.75) is 32.7 Å². The van der Waals surface area contributed by atoms with E-state index in [1.54, 1.807) is 11.0 Å². The van der Waals surface area contributed by atoms with Gasteiger partial charge in [0.2, 0.25) is 5.91 Å². The Labute approximate surface area is 136 Å². The smallest absolute Gasteiger partial charge is 0.230 e. The summed E-state index contributed by atoms with van der Waals surface area (Å²) in [5.41, 5.74) is 1.79. The highest BCUT2D eigenvalue weighted by Gasteiger charge is 2.47. The predicted molar refractivity (Wildman–Crippen MR) is 86.4 cm³/mol. The van der Waals surface area contributed by atoms with Gasteiger partial charge in [-0.1, -0.05) is 6.07 Å². The molecule has 1 amide bonds. The van der Waals surface area contributed by atoms with Crippen LogP contribution in [0.15, 0.2) is 18.2 Å². The summed E-state index contributed by atoms with van der Waals surface area (Å²) in [4.78, 5) is 16.9. The molecule has 5 heteroatoms. The fourth-order valence-electron chi connectivity index (χ4n) is 4.01. The largest absolute Gasteiger partial charge is 0.395 e. The number of halogens is 1. The second kappa shape index (κ2) is 6.57. The van der Waals surface area contributed by atoms with Gasteiger partial charge in [-0.15, -0.1) is 0 Å². The van der Waals surface area contributed by atoms with Crippen LogP contribution in [0, 0.1) is 18.2 Å². The molecule has 2 aliphatic rings. The fourth-order valence-corrected chi connectivity index (χ4v) is 4.01. The minimum atomic E-state index is -0.297. The van der Waals surface area contributed by atoms with E-state index in [-0.39, 0.29) is 23.7 Å². The molecule has 2 fully saturated rings. The zero-order valence-corrected chi connectivity index (χ0v) is 13.7. The van der Waals surface area contributed by atoms with Gasteiger partial charge in [-0.3, -0.25) is 9.69 Å². The third-order valence-electron chi connectivity index (χ3n) is 5.33. The first-order valence-corrected chi connectivity index (χ1v) is 8.42. The Morgan fingerprint density at radius 3 is 2.91 bits per heavy atom.